The number of hydrogen-bond donors (Lipinski definition) is 1. The van der Waals surface area contributed by atoms with Crippen molar-refractivity contribution in [2.24, 2.45) is 11.0 Å². The van der Waals surface area contributed by atoms with Crippen molar-refractivity contribution in [1.29, 1.82) is 0 Å². The minimum absolute atomic E-state index is 0.210. The van der Waals surface area contributed by atoms with Crippen LogP contribution in [0.4, 0.5) is 0 Å². The first-order chi connectivity index (χ1) is 12.1. The molecular formula is C19H19N3O3. The lowest BCUT2D eigenvalue weighted by Gasteiger charge is -2.23. The van der Waals surface area contributed by atoms with Crippen LogP contribution in [-0.2, 0) is 4.79 Å². The highest BCUT2D eigenvalue weighted by atomic mass is 16.4. The molecule has 2 unspecified atom stereocenters. The highest BCUT2D eigenvalue weighted by Gasteiger charge is 2.34. The Bertz CT molecular complexity index is 756. The fourth-order valence-corrected chi connectivity index (χ4v) is 2.87. The maximum atomic E-state index is 13.0. The molecule has 2 aromatic rings. The summed E-state index contributed by atoms with van der Waals surface area (Å²) in [7, 11) is 0. The third-order valence-corrected chi connectivity index (χ3v) is 4.06. The molecule has 0 saturated heterocycles. The average molecular weight is 337 g/mol. The third kappa shape index (κ3) is 4.93. The molecule has 2 rings (SSSR count). The first-order valence-electron chi connectivity index (χ1n) is 8.03. The lowest BCUT2D eigenvalue weighted by molar-refractivity contribution is -0.142. The molecule has 0 aliphatic rings. The van der Waals surface area contributed by atoms with Gasteiger partial charge in [0.1, 0.15) is 0 Å². The van der Waals surface area contributed by atoms with Crippen molar-refractivity contribution in [3.05, 3.63) is 82.2 Å². The van der Waals surface area contributed by atoms with Crippen molar-refractivity contribution in [3.63, 3.8) is 0 Å². The minimum atomic E-state index is -1.03. The molecule has 0 aliphatic heterocycles. The summed E-state index contributed by atoms with van der Waals surface area (Å²) in [6.07, 6.45) is 0.666. The van der Waals surface area contributed by atoms with Crippen LogP contribution >= 0.6 is 0 Å². The predicted molar refractivity (Wildman–Crippen MR) is 94.3 cm³/mol. The number of azide groups is 1. The summed E-state index contributed by atoms with van der Waals surface area (Å²) >= 11 is 0. The molecule has 25 heavy (non-hydrogen) atoms. The second kappa shape index (κ2) is 9.25. The number of carboxylic acids is 1. The maximum absolute atomic E-state index is 13.0. The van der Waals surface area contributed by atoms with Gasteiger partial charge in [0.15, 0.2) is 5.78 Å². The number of rotatable bonds is 9. The SMILES string of the molecule is [N-]=[N+]=NCCCC(C(=O)O)C(C(=O)c1ccccc1)c1ccccc1. The van der Waals surface area contributed by atoms with Crippen molar-refractivity contribution in [3.8, 4) is 0 Å². The van der Waals surface area contributed by atoms with Crippen LogP contribution in [-0.4, -0.2) is 23.4 Å². The van der Waals surface area contributed by atoms with Gasteiger partial charge in [0, 0.05) is 17.0 Å². The van der Waals surface area contributed by atoms with Gasteiger partial charge >= 0.3 is 5.97 Å². The van der Waals surface area contributed by atoms with Crippen molar-refractivity contribution in [2.75, 3.05) is 6.54 Å². The van der Waals surface area contributed by atoms with Crippen LogP contribution < -0.4 is 0 Å². The summed E-state index contributed by atoms with van der Waals surface area (Å²) in [5, 5.41) is 13.1. The number of carboxylic acid groups (broad SMARTS) is 1. The first-order valence-corrected chi connectivity index (χ1v) is 8.03. The monoisotopic (exact) mass is 337 g/mol. The quantitative estimate of drug-likeness (QED) is 0.240. The smallest absolute Gasteiger partial charge is 0.307 e. The van der Waals surface area contributed by atoms with E-state index in [2.05, 4.69) is 10.0 Å². The zero-order valence-corrected chi connectivity index (χ0v) is 13.7. The minimum Gasteiger partial charge on any atom is -0.481 e. The van der Waals surface area contributed by atoms with E-state index in [1.807, 2.05) is 12.1 Å². The summed E-state index contributed by atoms with van der Waals surface area (Å²) in [5.74, 6) is -2.92. The second-order valence-electron chi connectivity index (χ2n) is 5.66. The van der Waals surface area contributed by atoms with E-state index in [4.69, 9.17) is 5.53 Å². The van der Waals surface area contributed by atoms with Crippen molar-refractivity contribution in [2.45, 2.75) is 18.8 Å². The molecule has 0 heterocycles. The Hall–Kier alpha value is -3.11. The molecule has 2 aromatic carbocycles. The van der Waals surface area contributed by atoms with Gasteiger partial charge in [0.2, 0.25) is 0 Å². The molecule has 0 aromatic heterocycles. The van der Waals surface area contributed by atoms with Crippen molar-refractivity contribution < 1.29 is 14.7 Å². The molecule has 128 valence electrons. The zero-order chi connectivity index (χ0) is 18.1. The number of Topliss-reactive ketones (excluding diaryl/α,β-unsaturated/α-hetero) is 1. The largest absolute Gasteiger partial charge is 0.481 e. The number of carbonyl (C=O) groups is 2. The van der Waals surface area contributed by atoms with Gasteiger partial charge in [-0.25, -0.2) is 0 Å². The predicted octanol–water partition coefficient (Wildman–Crippen LogP) is 4.44. The topological polar surface area (TPSA) is 103 Å². The molecule has 1 N–H and O–H groups in total. The number of ketones is 1. The van der Waals surface area contributed by atoms with Crippen LogP contribution in [0, 0.1) is 5.92 Å². The highest BCUT2D eigenvalue weighted by Crippen LogP contribution is 2.32. The lowest BCUT2D eigenvalue weighted by atomic mass is 9.78. The fraction of sp³-hybridized carbons (Fsp3) is 0.263. The number of benzene rings is 2. The summed E-state index contributed by atoms with van der Waals surface area (Å²) in [6, 6.07) is 17.7. The van der Waals surface area contributed by atoms with E-state index < -0.39 is 17.8 Å². The van der Waals surface area contributed by atoms with Gasteiger partial charge in [0.05, 0.1) is 11.8 Å². The normalized spacial score (nSPS) is 12.6. The van der Waals surface area contributed by atoms with Gasteiger partial charge in [-0.2, -0.15) is 0 Å². The van der Waals surface area contributed by atoms with Gasteiger partial charge < -0.3 is 5.11 Å². The fourth-order valence-electron chi connectivity index (χ4n) is 2.87. The van der Waals surface area contributed by atoms with Gasteiger partial charge in [-0.1, -0.05) is 65.8 Å². The molecule has 0 spiro atoms. The summed E-state index contributed by atoms with van der Waals surface area (Å²) in [4.78, 5) is 27.6. The van der Waals surface area contributed by atoms with Crippen LogP contribution in [0.3, 0.4) is 0 Å². The van der Waals surface area contributed by atoms with Crippen LogP contribution in [0.1, 0.15) is 34.7 Å². The van der Waals surface area contributed by atoms with Gasteiger partial charge in [-0.05, 0) is 23.9 Å². The first kappa shape index (κ1) is 18.2. The van der Waals surface area contributed by atoms with Crippen molar-refractivity contribution >= 4 is 11.8 Å². The Morgan fingerprint density at radius 2 is 1.64 bits per heavy atom. The van der Waals surface area contributed by atoms with Crippen LogP contribution in [0.15, 0.2) is 65.8 Å². The van der Waals surface area contributed by atoms with Gasteiger partial charge in [0.25, 0.3) is 0 Å². The number of hydrogen-bond acceptors (Lipinski definition) is 3. The Kier molecular flexibility index (Phi) is 6.75. The number of nitrogens with zero attached hydrogens (tertiary/aromatic N) is 3. The standard InChI is InChI=1S/C19H19N3O3/c20-22-21-13-7-12-16(19(24)25)17(14-8-3-1-4-9-14)18(23)15-10-5-2-6-11-15/h1-6,8-11,16-17H,7,12-13H2,(H,24,25). The van der Waals surface area contributed by atoms with E-state index in [1.54, 1.807) is 48.5 Å². The summed E-state index contributed by atoms with van der Waals surface area (Å²) in [5.41, 5.74) is 9.51. The molecular weight excluding hydrogens is 318 g/mol. The van der Waals surface area contributed by atoms with Crippen LogP contribution in [0.5, 0.6) is 0 Å². The number of carbonyl (C=O) groups excluding carboxylic acids is 1. The maximum Gasteiger partial charge on any atom is 0.307 e. The molecule has 0 bridgehead atoms. The molecule has 6 heteroatoms. The third-order valence-electron chi connectivity index (χ3n) is 4.06. The second-order valence-corrected chi connectivity index (χ2v) is 5.66. The van der Waals surface area contributed by atoms with E-state index >= 15 is 0 Å². The van der Waals surface area contributed by atoms with E-state index in [0.717, 1.165) is 0 Å². The summed E-state index contributed by atoms with van der Waals surface area (Å²) in [6.45, 7) is 0.210. The van der Waals surface area contributed by atoms with Gasteiger partial charge in [-0.15, -0.1) is 0 Å². The highest BCUT2D eigenvalue weighted by molar-refractivity contribution is 6.03. The van der Waals surface area contributed by atoms with E-state index in [-0.39, 0.29) is 18.7 Å². The molecule has 0 amide bonds. The van der Waals surface area contributed by atoms with Gasteiger partial charge in [-0.3, -0.25) is 9.59 Å². The average Bonchev–Trinajstić information content (AvgIpc) is 2.65. The van der Waals surface area contributed by atoms with E-state index in [1.165, 1.54) is 0 Å². The Morgan fingerprint density at radius 3 is 2.20 bits per heavy atom. The molecule has 2 atom stereocenters. The Balaban J connectivity index is 2.36. The molecule has 0 radical (unpaired) electrons. The van der Waals surface area contributed by atoms with Crippen molar-refractivity contribution in [1.82, 2.24) is 0 Å². The molecule has 0 saturated carbocycles. The van der Waals surface area contributed by atoms with E-state index in [9.17, 15) is 14.7 Å². The molecule has 0 aliphatic carbocycles. The van der Waals surface area contributed by atoms with Crippen LogP contribution in [0.25, 0.3) is 10.4 Å². The summed E-state index contributed by atoms with van der Waals surface area (Å²) < 4.78 is 0. The molecule has 0 fully saturated rings. The van der Waals surface area contributed by atoms with E-state index in [0.29, 0.717) is 17.5 Å². The zero-order valence-electron chi connectivity index (χ0n) is 13.7. The Labute approximate surface area is 145 Å². The molecule has 6 nitrogen and oxygen atoms in total. The lowest BCUT2D eigenvalue weighted by Crippen LogP contribution is -2.28. The number of aliphatic carboxylic acids is 1. The Morgan fingerprint density at radius 1 is 1.04 bits per heavy atom. The van der Waals surface area contributed by atoms with Crippen LogP contribution in [0.2, 0.25) is 0 Å².